The predicted octanol–water partition coefficient (Wildman–Crippen LogP) is 3.08. The number of rotatable bonds is 10. The van der Waals surface area contributed by atoms with E-state index in [4.69, 9.17) is 0 Å². The van der Waals surface area contributed by atoms with E-state index in [0.29, 0.717) is 23.8 Å². The van der Waals surface area contributed by atoms with Crippen LogP contribution in [0.4, 0.5) is 14.5 Å². The first-order valence-electron chi connectivity index (χ1n) is 10.0. The molecule has 0 heterocycles. The van der Waals surface area contributed by atoms with Gasteiger partial charge in [-0.25, -0.2) is 4.99 Å². The summed E-state index contributed by atoms with van der Waals surface area (Å²) in [6.45, 7) is 1.61. The third kappa shape index (κ3) is 8.59. The SMILES string of the molecule is CCNC(=NCC(=O)Nc1cccc(CC)c1)NCC(O)c1ccc(OC(F)F)cc1. The average molecular weight is 434 g/mol. The number of nitrogens with zero attached hydrogens (tertiary/aromatic N) is 1. The number of alkyl halides is 2. The van der Waals surface area contributed by atoms with Crippen LogP contribution in [0, 0.1) is 0 Å². The Hall–Kier alpha value is -3.20. The largest absolute Gasteiger partial charge is 0.435 e. The zero-order valence-corrected chi connectivity index (χ0v) is 17.6. The molecule has 2 rings (SSSR count). The minimum Gasteiger partial charge on any atom is -0.435 e. The molecule has 0 fully saturated rings. The summed E-state index contributed by atoms with van der Waals surface area (Å²) >= 11 is 0. The van der Waals surface area contributed by atoms with Crippen molar-refractivity contribution in [2.75, 3.05) is 25.0 Å². The number of guanidine groups is 1. The Morgan fingerprint density at radius 2 is 1.87 bits per heavy atom. The summed E-state index contributed by atoms with van der Waals surface area (Å²) in [7, 11) is 0. The van der Waals surface area contributed by atoms with Gasteiger partial charge >= 0.3 is 6.61 Å². The number of carbonyl (C=O) groups is 1. The van der Waals surface area contributed by atoms with Crippen molar-refractivity contribution >= 4 is 17.6 Å². The molecule has 2 aromatic rings. The maximum atomic E-state index is 12.2. The first-order valence-corrected chi connectivity index (χ1v) is 10.0. The van der Waals surface area contributed by atoms with Crippen molar-refractivity contribution in [2.45, 2.75) is 33.0 Å². The van der Waals surface area contributed by atoms with Gasteiger partial charge in [0.15, 0.2) is 5.96 Å². The van der Waals surface area contributed by atoms with Gasteiger partial charge in [-0.15, -0.1) is 0 Å². The topological polar surface area (TPSA) is 95.0 Å². The van der Waals surface area contributed by atoms with E-state index in [-0.39, 0.29) is 24.7 Å². The molecule has 0 aliphatic carbocycles. The van der Waals surface area contributed by atoms with E-state index in [0.717, 1.165) is 12.0 Å². The lowest BCUT2D eigenvalue weighted by atomic mass is 10.1. The van der Waals surface area contributed by atoms with Crippen LogP contribution >= 0.6 is 0 Å². The molecule has 0 saturated carbocycles. The standard InChI is InChI=1S/C22H28F2N4O3/c1-3-15-6-5-7-17(12-15)28-20(30)14-27-22(25-4-2)26-13-19(29)16-8-10-18(11-9-16)31-21(23)24/h5-12,19,21,29H,3-4,13-14H2,1-2H3,(H,28,30)(H2,25,26,27). The normalized spacial score (nSPS) is 12.4. The molecule has 0 aromatic heterocycles. The predicted molar refractivity (Wildman–Crippen MR) is 116 cm³/mol. The molecule has 31 heavy (non-hydrogen) atoms. The van der Waals surface area contributed by atoms with Gasteiger partial charge in [-0.1, -0.05) is 31.2 Å². The van der Waals surface area contributed by atoms with Gasteiger partial charge in [-0.05, 0) is 48.7 Å². The second kappa shape index (κ2) is 12.5. The number of aliphatic hydroxyl groups excluding tert-OH is 1. The fourth-order valence-corrected chi connectivity index (χ4v) is 2.74. The molecule has 168 valence electrons. The number of amides is 1. The van der Waals surface area contributed by atoms with Crippen LogP contribution in [0.15, 0.2) is 53.5 Å². The highest BCUT2D eigenvalue weighted by Crippen LogP contribution is 2.19. The van der Waals surface area contributed by atoms with Crippen LogP contribution in [0.2, 0.25) is 0 Å². The second-order valence-electron chi connectivity index (χ2n) is 6.64. The fourth-order valence-electron chi connectivity index (χ4n) is 2.74. The maximum absolute atomic E-state index is 12.2. The molecule has 7 nitrogen and oxygen atoms in total. The number of ether oxygens (including phenoxy) is 1. The number of hydrogen-bond donors (Lipinski definition) is 4. The van der Waals surface area contributed by atoms with Gasteiger partial charge in [-0.3, -0.25) is 4.79 Å². The van der Waals surface area contributed by atoms with Crippen molar-refractivity contribution in [3.05, 3.63) is 59.7 Å². The van der Waals surface area contributed by atoms with Crippen molar-refractivity contribution < 1.29 is 23.4 Å². The average Bonchev–Trinajstić information content (AvgIpc) is 2.75. The van der Waals surface area contributed by atoms with Crippen molar-refractivity contribution in [3.63, 3.8) is 0 Å². The van der Waals surface area contributed by atoms with Crippen LogP contribution in [0.3, 0.4) is 0 Å². The highest BCUT2D eigenvalue weighted by atomic mass is 19.3. The Labute approximate surface area is 180 Å². The minimum atomic E-state index is -2.90. The first kappa shape index (κ1) is 24.1. The van der Waals surface area contributed by atoms with Crippen LogP contribution in [0.1, 0.15) is 31.1 Å². The summed E-state index contributed by atoms with van der Waals surface area (Å²) in [5.41, 5.74) is 2.37. The number of carbonyl (C=O) groups excluding carboxylic acids is 1. The van der Waals surface area contributed by atoms with Gasteiger partial charge in [0.05, 0.1) is 6.10 Å². The molecular weight excluding hydrogens is 406 g/mol. The zero-order valence-electron chi connectivity index (χ0n) is 17.6. The summed E-state index contributed by atoms with van der Waals surface area (Å²) in [6, 6.07) is 13.3. The van der Waals surface area contributed by atoms with Gasteiger partial charge in [0.2, 0.25) is 5.91 Å². The van der Waals surface area contributed by atoms with Gasteiger partial charge in [0, 0.05) is 18.8 Å². The van der Waals surface area contributed by atoms with Crippen LogP contribution in [0.25, 0.3) is 0 Å². The van der Waals surface area contributed by atoms with E-state index in [9.17, 15) is 18.7 Å². The van der Waals surface area contributed by atoms with Crippen molar-refractivity contribution in [2.24, 2.45) is 4.99 Å². The van der Waals surface area contributed by atoms with Gasteiger partial charge in [0.25, 0.3) is 0 Å². The molecule has 4 N–H and O–H groups in total. The summed E-state index contributed by atoms with van der Waals surface area (Å²) in [4.78, 5) is 16.4. The third-order valence-corrected chi connectivity index (χ3v) is 4.30. The Kier molecular flexibility index (Phi) is 9.70. The molecule has 1 atom stereocenters. The van der Waals surface area contributed by atoms with Crippen LogP contribution in [-0.4, -0.2) is 43.2 Å². The van der Waals surface area contributed by atoms with Gasteiger partial charge in [0.1, 0.15) is 12.3 Å². The molecule has 0 bridgehead atoms. The Morgan fingerprint density at radius 1 is 1.13 bits per heavy atom. The van der Waals surface area contributed by atoms with Crippen LogP contribution in [-0.2, 0) is 11.2 Å². The molecule has 1 amide bonds. The smallest absolute Gasteiger partial charge is 0.387 e. The number of aliphatic hydroxyl groups is 1. The van der Waals surface area contributed by atoms with E-state index < -0.39 is 12.7 Å². The number of hydrogen-bond acceptors (Lipinski definition) is 4. The second-order valence-corrected chi connectivity index (χ2v) is 6.64. The van der Waals surface area contributed by atoms with E-state index in [2.05, 4.69) is 25.7 Å². The molecule has 9 heteroatoms. The van der Waals surface area contributed by atoms with E-state index in [1.807, 2.05) is 38.1 Å². The van der Waals surface area contributed by atoms with Gasteiger partial charge in [-0.2, -0.15) is 8.78 Å². The molecule has 0 aliphatic heterocycles. The molecular formula is C22H28F2N4O3. The summed E-state index contributed by atoms with van der Waals surface area (Å²) in [5.74, 6) is 0.126. The fraction of sp³-hybridized carbons (Fsp3) is 0.364. The Morgan fingerprint density at radius 3 is 2.52 bits per heavy atom. The monoisotopic (exact) mass is 434 g/mol. The molecule has 0 spiro atoms. The maximum Gasteiger partial charge on any atom is 0.387 e. The first-order chi connectivity index (χ1) is 14.9. The van der Waals surface area contributed by atoms with Crippen molar-refractivity contribution in [3.8, 4) is 5.75 Å². The van der Waals surface area contributed by atoms with Crippen molar-refractivity contribution in [1.82, 2.24) is 10.6 Å². The lowest BCUT2D eigenvalue weighted by molar-refractivity contribution is -0.114. The third-order valence-electron chi connectivity index (χ3n) is 4.30. The Bertz CT molecular complexity index is 860. The van der Waals surface area contributed by atoms with E-state index >= 15 is 0 Å². The Balaban J connectivity index is 1.89. The molecule has 0 aliphatic rings. The number of aliphatic imine (C=N–C) groups is 1. The number of anilines is 1. The minimum absolute atomic E-state index is 0.0179. The summed E-state index contributed by atoms with van der Waals surface area (Å²) in [6.07, 6.45) is -0.0317. The quantitative estimate of drug-likeness (QED) is 0.341. The molecule has 0 saturated heterocycles. The van der Waals surface area contributed by atoms with Gasteiger partial charge < -0.3 is 25.8 Å². The van der Waals surface area contributed by atoms with Crippen molar-refractivity contribution in [1.29, 1.82) is 0 Å². The molecule has 2 aromatic carbocycles. The molecule has 1 unspecified atom stereocenters. The van der Waals surface area contributed by atoms with Crippen LogP contribution < -0.4 is 20.7 Å². The highest BCUT2D eigenvalue weighted by Gasteiger charge is 2.11. The van der Waals surface area contributed by atoms with E-state index in [1.54, 1.807) is 0 Å². The highest BCUT2D eigenvalue weighted by molar-refractivity contribution is 5.94. The summed E-state index contributed by atoms with van der Waals surface area (Å²) < 4.78 is 28.7. The molecule has 0 radical (unpaired) electrons. The zero-order chi connectivity index (χ0) is 22.6. The number of aryl methyl sites for hydroxylation is 1. The summed E-state index contributed by atoms with van der Waals surface area (Å²) in [5, 5.41) is 19.1. The number of benzene rings is 2. The number of halogens is 2. The lowest BCUT2D eigenvalue weighted by Gasteiger charge is -2.16. The van der Waals surface area contributed by atoms with Crippen LogP contribution in [0.5, 0.6) is 5.75 Å². The number of nitrogens with one attached hydrogen (secondary N) is 3. The lowest BCUT2D eigenvalue weighted by Crippen LogP contribution is -2.40. The van der Waals surface area contributed by atoms with E-state index in [1.165, 1.54) is 24.3 Å².